The molecule has 1 fully saturated rings. The average molecular weight is 427 g/mol. The molecule has 10 heteroatoms. The SMILES string of the molecule is CC(C(=O)Nc1cc(F)ccc1F)N1CCN(c2oc(-c3ccco3)nc2C#N)CC1. The molecular formula is C21H19F2N5O3. The van der Waals surface area contributed by atoms with E-state index in [9.17, 15) is 18.8 Å². The maximum absolute atomic E-state index is 13.8. The molecule has 0 spiro atoms. The van der Waals surface area contributed by atoms with Crippen molar-refractivity contribution >= 4 is 17.5 Å². The lowest BCUT2D eigenvalue weighted by Crippen LogP contribution is -2.53. The van der Waals surface area contributed by atoms with Gasteiger partial charge in [0.15, 0.2) is 5.76 Å². The number of hydrogen-bond donors (Lipinski definition) is 1. The second-order valence-electron chi connectivity index (χ2n) is 7.07. The number of hydrogen-bond acceptors (Lipinski definition) is 7. The van der Waals surface area contributed by atoms with E-state index in [0.717, 1.165) is 18.2 Å². The number of rotatable bonds is 5. The Morgan fingerprint density at radius 3 is 2.71 bits per heavy atom. The number of benzene rings is 1. The fourth-order valence-electron chi connectivity index (χ4n) is 3.41. The predicted molar refractivity (Wildman–Crippen MR) is 107 cm³/mol. The van der Waals surface area contributed by atoms with E-state index in [2.05, 4.69) is 10.3 Å². The highest BCUT2D eigenvalue weighted by Gasteiger charge is 2.29. The summed E-state index contributed by atoms with van der Waals surface area (Å²) in [5, 5.41) is 11.8. The van der Waals surface area contributed by atoms with Crippen LogP contribution in [0.5, 0.6) is 0 Å². The largest absolute Gasteiger partial charge is 0.459 e. The topological polar surface area (TPSA) is 98.5 Å². The Bertz CT molecular complexity index is 1110. The van der Waals surface area contributed by atoms with E-state index in [1.807, 2.05) is 15.9 Å². The lowest BCUT2D eigenvalue weighted by Gasteiger charge is -2.37. The van der Waals surface area contributed by atoms with Crippen LogP contribution in [0.25, 0.3) is 11.7 Å². The Morgan fingerprint density at radius 2 is 2.03 bits per heavy atom. The zero-order chi connectivity index (χ0) is 22.0. The molecule has 8 nitrogen and oxygen atoms in total. The first-order valence-corrected chi connectivity index (χ1v) is 9.66. The van der Waals surface area contributed by atoms with Crippen LogP contribution in [0.15, 0.2) is 45.4 Å². The first-order chi connectivity index (χ1) is 15.0. The quantitative estimate of drug-likeness (QED) is 0.667. The molecule has 31 heavy (non-hydrogen) atoms. The van der Waals surface area contributed by atoms with Crippen molar-refractivity contribution in [3.8, 4) is 17.7 Å². The molecule has 3 aromatic rings. The van der Waals surface area contributed by atoms with Gasteiger partial charge >= 0.3 is 0 Å². The average Bonchev–Trinajstić information content (AvgIpc) is 3.45. The van der Waals surface area contributed by atoms with Crippen molar-refractivity contribution in [1.82, 2.24) is 9.88 Å². The van der Waals surface area contributed by atoms with Crippen LogP contribution in [0, 0.1) is 23.0 Å². The van der Waals surface area contributed by atoms with Crippen molar-refractivity contribution in [2.45, 2.75) is 13.0 Å². The van der Waals surface area contributed by atoms with Crippen LogP contribution in [-0.4, -0.2) is 48.0 Å². The van der Waals surface area contributed by atoms with Gasteiger partial charge in [-0.25, -0.2) is 8.78 Å². The van der Waals surface area contributed by atoms with Crippen molar-refractivity contribution in [3.05, 3.63) is 53.9 Å². The molecule has 1 unspecified atom stereocenters. The standard InChI is InChI=1S/C21H19F2N5O3/c1-13(19(29)25-16-11-14(22)4-5-15(16)23)27-6-8-28(9-7-27)21-17(12-24)26-20(31-21)18-3-2-10-30-18/h2-5,10-11,13H,6-9H2,1H3,(H,25,29). The molecule has 1 aliphatic heterocycles. The third-order valence-corrected chi connectivity index (χ3v) is 5.16. The minimum atomic E-state index is -0.700. The molecule has 1 atom stereocenters. The minimum Gasteiger partial charge on any atom is -0.459 e. The number of carbonyl (C=O) groups is 1. The lowest BCUT2D eigenvalue weighted by molar-refractivity contribution is -0.120. The number of halogens is 2. The molecule has 1 amide bonds. The lowest BCUT2D eigenvalue weighted by atomic mass is 10.2. The van der Waals surface area contributed by atoms with Gasteiger partial charge in [-0.1, -0.05) is 0 Å². The summed E-state index contributed by atoms with van der Waals surface area (Å²) in [5.41, 5.74) is -0.0338. The summed E-state index contributed by atoms with van der Waals surface area (Å²) in [6, 6.07) is 7.77. The molecule has 1 aliphatic rings. The summed E-state index contributed by atoms with van der Waals surface area (Å²) in [6.07, 6.45) is 1.49. The summed E-state index contributed by atoms with van der Waals surface area (Å²) < 4.78 is 38.2. The van der Waals surface area contributed by atoms with Crippen molar-refractivity contribution in [1.29, 1.82) is 5.26 Å². The predicted octanol–water partition coefficient (Wildman–Crippen LogP) is 3.23. The smallest absolute Gasteiger partial charge is 0.266 e. The molecule has 1 saturated heterocycles. The van der Waals surface area contributed by atoms with Crippen LogP contribution < -0.4 is 10.2 Å². The fourth-order valence-corrected chi connectivity index (χ4v) is 3.41. The molecule has 1 aromatic carbocycles. The van der Waals surface area contributed by atoms with Gasteiger partial charge in [0.2, 0.25) is 17.5 Å². The number of piperazine rings is 1. The molecule has 160 valence electrons. The molecule has 2 aromatic heterocycles. The van der Waals surface area contributed by atoms with E-state index in [1.165, 1.54) is 6.26 Å². The van der Waals surface area contributed by atoms with Crippen LogP contribution in [0.2, 0.25) is 0 Å². The number of carbonyl (C=O) groups excluding carboxylic acids is 1. The van der Waals surface area contributed by atoms with Gasteiger partial charge < -0.3 is 19.1 Å². The van der Waals surface area contributed by atoms with Crippen LogP contribution in [0.4, 0.5) is 20.4 Å². The van der Waals surface area contributed by atoms with Gasteiger partial charge in [-0.05, 0) is 31.2 Å². The first kappa shape index (κ1) is 20.6. The van der Waals surface area contributed by atoms with E-state index < -0.39 is 23.6 Å². The molecular weight excluding hydrogens is 408 g/mol. The number of aromatic nitrogens is 1. The summed E-state index contributed by atoms with van der Waals surface area (Å²) in [5.74, 6) is -0.760. The number of oxazole rings is 1. The zero-order valence-corrected chi connectivity index (χ0v) is 16.6. The first-order valence-electron chi connectivity index (χ1n) is 9.66. The molecule has 3 heterocycles. The van der Waals surface area contributed by atoms with Crippen LogP contribution in [0.1, 0.15) is 12.6 Å². The van der Waals surface area contributed by atoms with Gasteiger partial charge in [-0.3, -0.25) is 9.69 Å². The highest BCUT2D eigenvalue weighted by molar-refractivity contribution is 5.94. The van der Waals surface area contributed by atoms with Gasteiger partial charge in [0.1, 0.15) is 17.7 Å². The summed E-state index contributed by atoms with van der Waals surface area (Å²) in [4.78, 5) is 20.5. The number of nitrogens with one attached hydrogen (secondary N) is 1. The number of anilines is 2. The highest BCUT2D eigenvalue weighted by atomic mass is 19.1. The Kier molecular flexibility index (Phi) is 5.68. The second-order valence-corrected chi connectivity index (χ2v) is 7.07. The number of furan rings is 1. The minimum absolute atomic E-state index is 0.159. The molecule has 0 aliphatic carbocycles. The molecule has 4 rings (SSSR count). The van der Waals surface area contributed by atoms with Gasteiger partial charge in [0.25, 0.3) is 5.89 Å². The fraction of sp³-hybridized carbons (Fsp3) is 0.286. The normalized spacial score (nSPS) is 15.5. The van der Waals surface area contributed by atoms with E-state index >= 15 is 0 Å². The maximum atomic E-state index is 13.8. The van der Waals surface area contributed by atoms with Gasteiger partial charge in [0.05, 0.1) is 18.0 Å². The van der Waals surface area contributed by atoms with Crippen molar-refractivity contribution < 1.29 is 22.4 Å². The van der Waals surface area contributed by atoms with Crippen molar-refractivity contribution in [3.63, 3.8) is 0 Å². The Labute approximate surface area is 176 Å². The number of amides is 1. The third-order valence-electron chi connectivity index (χ3n) is 5.16. The third kappa shape index (κ3) is 4.27. The van der Waals surface area contributed by atoms with E-state index in [-0.39, 0.29) is 17.3 Å². The molecule has 1 N–H and O–H groups in total. The summed E-state index contributed by atoms with van der Waals surface area (Å²) in [7, 11) is 0. The van der Waals surface area contributed by atoms with E-state index in [4.69, 9.17) is 8.83 Å². The Morgan fingerprint density at radius 1 is 1.26 bits per heavy atom. The van der Waals surface area contributed by atoms with Crippen molar-refractivity contribution in [2.75, 3.05) is 36.4 Å². The van der Waals surface area contributed by atoms with Crippen LogP contribution in [0.3, 0.4) is 0 Å². The van der Waals surface area contributed by atoms with Gasteiger partial charge in [-0.15, -0.1) is 0 Å². The van der Waals surface area contributed by atoms with Crippen LogP contribution >= 0.6 is 0 Å². The molecule has 0 bridgehead atoms. The number of nitriles is 1. The van der Waals surface area contributed by atoms with Crippen LogP contribution in [-0.2, 0) is 4.79 Å². The van der Waals surface area contributed by atoms with Gasteiger partial charge in [-0.2, -0.15) is 10.2 Å². The molecule has 0 radical (unpaired) electrons. The van der Waals surface area contributed by atoms with Crippen molar-refractivity contribution in [2.24, 2.45) is 0 Å². The zero-order valence-electron chi connectivity index (χ0n) is 16.6. The van der Waals surface area contributed by atoms with E-state index in [0.29, 0.717) is 37.8 Å². The maximum Gasteiger partial charge on any atom is 0.266 e. The number of nitrogens with zero attached hydrogens (tertiary/aromatic N) is 4. The summed E-state index contributed by atoms with van der Waals surface area (Å²) in [6.45, 7) is 3.69. The van der Waals surface area contributed by atoms with Gasteiger partial charge in [0, 0.05) is 32.2 Å². The molecule has 0 saturated carbocycles. The Balaban J connectivity index is 1.40. The highest BCUT2D eigenvalue weighted by Crippen LogP contribution is 2.29. The monoisotopic (exact) mass is 427 g/mol. The second kappa shape index (κ2) is 8.57. The van der Waals surface area contributed by atoms with E-state index in [1.54, 1.807) is 19.1 Å². The summed E-state index contributed by atoms with van der Waals surface area (Å²) >= 11 is 0. The Hall–Kier alpha value is -3.71.